The first kappa shape index (κ1) is 11.6. The first-order valence-corrected chi connectivity index (χ1v) is 4.54. The van der Waals surface area contributed by atoms with Crippen LogP contribution in [0.2, 0.25) is 0 Å². The maximum atomic E-state index is 8.39. The largest absolute Gasteiger partial charge is 0.493 e. The van der Waals surface area contributed by atoms with Gasteiger partial charge >= 0.3 is 0 Å². The van der Waals surface area contributed by atoms with Crippen LogP contribution >= 0.6 is 0 Å². The quantitative estimate of drug-likeness (QED) is 0.546. The molecule has 84 valence electrons. The number of rotatable bonds is 6. The van der Waals surface area contributed by atoms with Gasteiger partial charge in [-0.3, -0.25) is 0 Å². The molecule has 0 fully saturated rings. The molecule has 1 aromatic carbocycles. The van der Waals surface area contributed by atoms with Gasteiger partial charge < -0.3 is 19.4 Å². The monoisotopic (exact) mass is 213 g/mol. The standard InChI is InChI=1S/C10H15NO4/c1-13-8-4-3-5-9(10(8)14-2)15-7-6-11-12/h3-5,11-12H,6-7H2,1-2H3. The third kappa shape index (κ3) is 3.00. The highest BCUT2D eigenvalue weighted by molar-refractivity contribution is 5.50. The molecule has 0 spiro atoms. The molecular formula is C10H15NO4. The summed E-state index contributed by atoms with van der Waals surface area (Å²) in [5.74, 6) is 1.76. The molecule has 0 aliphatic rings. The van der Waals surface area contributed by atoms with E-state index in [1.54, 1.807) is 26.4 Å². The Morgan fingerprint density at radius 2 is 1.93 bits per heavy atom. The van der Waals surface area contributed by atoms with Crippen LogP contribution in [0.1, 0.15) is 0 Å². The smallest absolute Gasteiger partial charge is 0.203 e. The summed E-state index contributed by atoms with van der Waals surface area (Å²) in [6.07, 6.45) is 0. The van der Waals surface area contributed by atoms with Gasteiger partial charge in [0, 0.05) is 0 Å². The van der Waals surface area contributed by atoms with E-state index in [4.69, 9.17) is 19.4 Å². The summed E-state index contributed by atoms with van der Waals surface area (Å²) >= 11 is 0. The normalized spacial score (nSPS) is 9.80. The van der Waals surface area contributed by atoms with E-state index >= 15 is 0 Å². The molecule has 5 nitrogen and oxygen atoms in total. The van der Waals surface area contributed by atoms with Gasteiger partial charge in [0.25, 0.3) is 0 Å². The average Bonchev–Trinajstić information content (AvgIpc) is 2.29. The molecular weight excluding hydrogens is 198 g/mol. The van der Waals surface area contributed by atoms with Crippen LogP contribution < -0.4 is 19.7 Å². The minimum Gasteiger partial charge on any atom is -0.493 e. The molecule has 0 radical (unpaired) electrons. The van der Waals surface area contributed by atoms with Gasteiger partial charge in [0.1, 0.15) is 6.61 Å². The SMILES string of the molecule is COc1cccc(OCCNO)c1OC. The Hall–Kier alpha value is -1.46. The van der Waals surface area contributed by atoms with Gasteiger partial charge in [0.05, 0.1) is 20.8 Å². The van der Waals surface area contributed by atoms with E-state index in [0.29, 0.717) is 30.4 Å². The molecule has 1 aromatic rings. The summed E-state index contributed by atoms with van der Waals surface area (Å²) in [5, 5.41) is 8.39. The third-order valence-electron chi connectivity index (χ3n) is 1.84. The zero-order valence-corrected chi connectivity index (χ0v) is 8.82. The maximum absolute atomic E-state index is 8.39. The fraction of sp³-hybridized carbons (Fsp3) is 0.400. The highest BCUT2D eigenvalue weighted by Crippen LogP contribution is 2.36. The molecule has 0 aromatic heterocycles. The number of hydrogen-bond donors (Lipinski definition) is 2. The first-order chi connectivity index (χ1) is 7.33. The predicted molar refractivity (Wildman–Crippen MR) is 54.8 cm³/mol. The summed E-state index contributed by atoms with van der Waals surface area (Å²) in [6.45, 7) is 0.695. The summed E-state index contributed by atoms with van der Waals surface area (Å²) < 4.78 is 15.7. The van der Waals surface area contributed by atoms with Crippen molar-refractivity contribution in [3.63, 3.8) is 0 Å². The molecule has 0 saturated carbocycles. The molecule has 0 atom stereocenters. The van der Waals surface area contributed by atoms with Crippen LogP contribution in [0, 0.1) is 0 Å². The second kappa shape index (κ2) is 6.10. The van der Waals surface area contributed by atoms with E-state index in [0.717, 1.165) is 0 Å². The van der Waals surface area contributed by atoms with Crippen LogP contribution in [0.3, 0.4) is 0 Å². The van der Waals surface area contributed by atoms with Crippen LogP contribution in [-0.2, 0) is 0 Å². The van der Waals surface area contributed by atoms with Crippen LogP contribution in [0.15, 0.2) is 18.2 Å². The van der Waals surface area contributed by atoms with E-state index < -0.39 is 0 Å². The molecule has 1 rings (SSSR count). The second-order valence-corrected chi connectivity index (χ2v) is 2.75. The number of ether oxygens (including phenoxy) is 3. The number of hydroxylamine groups is 1. The van der Waals surface area contributed by atoms with Gasteiger partial charge in [0.2, 0.25) is 5.75 Å². The second-order valence-electron chi connectivity index (χ2n) is 2.75. The molecule has 0 aliphatic carbocycles. The topological polar surface area (TPSA) is 60.0 Å². The van der Waals surface area contributed by atoms with Gasteiger partial charge in [-0.2, -0.15) is 0 Å². The van der Waals surface area contributed by atoms with Crippen molar-refractivity contribution in [1.82, 2.24) is 5.48 Å². The van der Waals surface area contributed by atoms with Gasteiger partial charge in [-0.1, -0.05) is 6.07 Å². The van der Waals surface area contributed by atoms with Crippen molar-refractivity contribution in [2.24, 2.45) is 0 Å². The molecule has 0 heterocycles. The molecule has 0 amide bonds. The number of nitrogens with one attached hydrogen (secondary N) is 1. The predicted octanol–water partition coefficient (Wildman–Crippen LogP) is 1.06. The molecule has 0 aliphatic heterocycles. The van der Waals surface area contributed by atoms with Crippen molar-refractivity contribution in [1.29, 1.82) is 0 Å². The summed E-state index contributed by atoms with van der Waals surface area (Å²) in [4.78, 5) is 0. The molecule has 5 heteroatoms. The molecule has 0 bridgehead atoms. The van der Waals surface area contributed by atoms with Gasteiger partial charge in [-0.05, 0) is 12.1 Å². The van der Waals surface area contributed by atoms with Gasteiger partial charge in [-0.15, -0.1) is 0 Å². The number of methoxy groups -OCH3 is 2. The van der Waals surface area contributed by atoms with E-state index in [-0.39, 0.29) is 0 Å². The Morgan fingerprint density at radius 1 is 1.20 bits per heavy atom. The van der Waals surface area contributed by atoms with Crippen molar-refractivity contribution in [3.8, 4) is 17.2 Å². The van der Waals surface area contributed by atoms with Gasteiger partial charge in [0.15, 0.2) is 11.5 Å². The first-order valence-electron chi connectivity index (χ1n) is 4.54. The van der Waals surface area contributed by atoms with Gasteiger partial charge in [-0.25, -0.2) is 5.48 Å². The zero-order chi connectivity index (χ0) is 11.1. The Morgan fingerprint density at radius 3 is 2.53 bits per heavy atom. The summed E-state index contributed by atoms with van der Waals surface area (Å²) in [5.41, 5.74) is 2.01. The summed E-state index contributed by atoms with van der Waals surface area (Å²) in [7, 11) is 3.12. The van der Waals surface area contributed by atoms with Crippen LogP contribution in [-0.4, -0.2) is 32.6 Å². The number of hydrogen-bond acceptors (Lipinski definition) is 5. The van der Waals surface area contributed by atoms with Crippen molar-refractivity contribution < 1.29 is 19.4 Å². The number of para-hydroxylation sites is 1. The third-order valence-corrected chi connectivity index (χ3v) is 1.84. The van der Waals surface area contributed by atoms with E-state index in [1.165, 1.54) is 0 Å². The van der Waals surface area contributed by atoms with Crippen LogP contribution in [0.5, 0.6) is 17.2 Å². The minimum atomic E-state index is 0.347. The highest BCUT2D eigenvalue weighted by Gasteiger charge is 2.09. The molecule has 0 saturated heterocycles. The molecule has 2 N–H and O–H groups in total. The maximum Gasteiger partial charge on any atom is 0.203 e. The van der Waals surface area contributed by atoms with Crippen molar-refractivity contribution in [2.45, 2.75) is 0 Å². The van der Waals surface area contributed by atoms with Crippen molar-refractivity contribution >= 4 is 0 Å². The summed E-state index contributed by atoms with van der Waals surface area (Å²) in [6, 6.07) is 5.37. The van der Waals surface area contributed by atoms with Crippen LogP contribution in [0.25, 0.3) is 0 Å². The Labute approximate surface area is 88.5 Å². The van der Waals surface area contributed by atoms with Crippen molar-refractivity contribution in [3.05, 3.63) is 18.2 Å². The fourth-order valence-electron chi connectivity index (χ4n) is 1.18. The highest BCUT2D eigenvalue weighted by atomic mass is 16.5. The average molecular weight is 213 g/mol. The Balaban J connectivity index is 2.76. The van der Waals surface area contributed by atoms with Crippen LogP contribution in [0.4, 0.5) is 0 Å². The lowest BCUT2D eigenvalue weighted by Gasteiger charge is -2.12. The number of benzene rings is 1. The Bertz CT molecular complexity index is 303. The minimum absolute atomic E-state index is 0.347. The lowest BCUT2D eigenvalue weighted by Crippen LogP contribution is -2.16. The van der Waals surface area contributed by atoms with E-state index in [2.05, 4.69) is 0 Å². The lowest BCUT2D eigenvalue weighted by molar-refractivity contribution is 0.144. The van der Waals surface area contributed by atoms with E-state index in [1.807, 2.05) is 11.5 Å². The Kier molecular flexibility index (Phi) is 4.73. The van der Waals surface area contributed by atoms with Crippen molar-refractivity contribution in [2.75, 3.05) is 27.4 Å². The molecule has 15 heavy (non-hydrogen) atoms. The van der Waals surface area contributed by atoms with E-state index in [9.17, 15) is 0 Å². The molecule has 0 unspecified atom stereocenters. The fourth-order valence-corrected chi connectivity index (χ4v) is 1.18. The zero-order valence-electron chi connectivity index (χ0n) is 8.82. The lowest BCUT2D eigenvalue weighted by atomic mass is 10.3.